The number of hydrogen-bond acceptors (Lipinski definition) is 4. The Morgan fingerprint density at radius 3 is 2.80 bits per heavy atom. The molecule has 1 N–H and O–H groups in total. The summed E-state index contributed by atoms with van der Waals surface area (Å²) in [5.41, 5.74) is 2.15. The summed E-state index contributed by atoms with van der Waals surface area (Å²) in [7, 11) is 0. The minimum Gasteiger partial charge on any atom is -0.354 e. The van der Waals surface area contributed by atoms with Gasteiger partial charge in [-0.25, -0.2) is 15.0 Å². The van der Waals surface area contributed by atoms with E-state index in [4.69, 9.17) is 0 Å². The first-order chi connectivity index (χ1) is 9.74. The lowest BCUT2D eigenvalue weighted by atomic mass is 10.2. The molecule has 2 heterocycles. The van der Waals surface area contributed by atoms with Crippen molar-refractivity contribution in [3.05, 3.63) is 35.7 Å². The predicted molar refractivity (Wildman–Crippen MR) is 80.9 cm³/mol. The maximum absolute atomic E-state index is 4.61. The fraction of sp³-hybridized carbons (Fsp3) is 0.533. The zero-order chi connectivity index (χ0) is 14.4. The zero-order valence-electron chi connectivity index (χ0n) is 12.6. The van der Waals surface area contributed by atoms with E-state index in [0.29, 0.717) is 5.95 Å². The van der Waals surface area contributed by atoms with E-state index in [-0.39, 0.29) is 0 Å². The summed E-state index contributed by atoms with van der Waals surface area (Å²) in [5.74, 6) is 1.77. The van der Waals surface area contributed by atoms with E-state index < -0.39 is 0 Å². The van der Waals surface area contributed by atoms with Crippen LogP contribution in [0.25, 0.3) is 0 Å². The second-order valence-electron chi connectivity index (χ2n) is 4.96. The number of imidazole rings is 1. The zero-order valence-corrected chi connectivity index (χ0v) is 12.6. The third-order valence-electron chi connectivity index (χ3n) is 3.20. The van der Waals surface area contributed by atoms with Crippen LogP contribution in [0.15, 0.2) is 18.6 Å². The van der Waals surface area contributed by atoms with E-state index in [1.807, 2.05) is 25.5 Å². The number of hydrogen-bond donors (Lipinski definition) is 1. The van der Waals surface area contributed by atoms with Gasteiger partial charge in [0.25, 0.3) is 0 Å². The molecule has 2 aromatic rings. The van der Waals surface area contributed by atoms with E-state index in [1.54, 1.807) is 0 Å². The molecule has 0 radical (unpaired) electrons. The van der Waals surface area contributed by atoms with Gasteiger partial charge in [0.15, 0.2) is 0 Å². The van der Waals surface area contributed by atoms with Crippen molar-refractivity contribution in [1.82, 2.24) is 19.5 Å². The van der Waals surface area contributed by atoms with Crippen molar-refractivity contribution >= 4 is 5.95 Å². The lowest BCUT2D eigenvalue weighted by Gasteiger charge is -2.10. The molecule has 0 spiro atoms. The van der Waals surface area contributed by atoms with Crippen molar-refractivity contribution in [3.63, 3.8) is 0 Å². The number of nitrogens with one attached hydrogen (secondary N) is 1. The largest absolute Gasteiger partial charge is 0.354 e. The summed E-state index contributed by atoms with van der Waals surface area (Å²) in [5, 5.41) is 3.23. The average molecular weight is 273 g/mol. The summed E-state index contributed by atoms with van der Waals surface area (Å²) in [6.45, 7) is 8.25. The van der Waals surface area contributed by atoms with Gasteiger partial charge in [-0.1, -0.05) is 13.8 Å². The van der Waals surface area contributed by atoms with Crippen LogP contribution in [0.3, 0.4) is 0 Å². The van der Waals surface area contributed by atoms with Gasteiger partial charge in [-0.2, -0.15) is 0 Å². The van der Waals surface area contributed by atoms with Gasteiger partial charge >= 0.3 is 0 Å². The van der Waals surface area contributed by atoms with E-state index in [9.17, 15) is 0 Å². The van der Waals surface area contributed by atoms with Crippen molar-refractivity contribution in [2.45, 2.75) is 46.6 Å². The Kier molecular flexibility index (Phi) is 5.09. The quantitative estimate of drug-likeness (QED) is 0.843. The average Bonchev–Trinajstić information content (AvgIpc) is 2.87. The summed E-state index contributed by atoms with van der Waals surface area (Å²) in [4.78, 5) is 13.4. The minimum absolute atomic E-state index is 0.709. The van der Waals surface area contributed by atoms with E-state index in [2.05, 4.69) is 38.7 Å². The number of aryl methyl sites for hydroxylation is 2. The van der Waals surface area contributed by atoms with Crippen LogP contribution in [0.4, 0.5) is 5.95 Å². The Labute approximate surface area is 120 Å². The van der Waals surface area contributed by atoms with Gasteiger partial charge in [0.2, 0.25) is 5.95 Å². The highest BCUT2D eigenvalue weighted by atomic mass is 15.1. The molecule has 5 nitrogen and oxygen atoms in total. The normalized spacial score (nSPS) is 10.8. The van der Waals surface area contributed by atoms with Gasteiger partial charge in [-0.3, -0.25) is 0 Å². The van der Waals surface area contributed by atoms with Crippen LogP contribution in [0.1, 0.15) is 43.8 Å². The predicted octanol–water partition coefficient (Wildman–Crippen LogP) is 2.80. The van der Waals surface area contributed by atoms with Gasteiger partial charge in [0.05, 0.1) is 5.69 Å². The molecular formula is C15H23N5. The minimum atomic E-state index is 0.709. The monoisotopic (exact) mass is 273 g/mol. The molecule has 0 unspecified atom stereocenters. The molecule has 0 amide bonds. The molecule has 0 aromatic carbocycles. The molecule has 0 aliphatic carbocycles. The lowest BCUT2D eigenvalue weighted by Crippen LogP contribution is -2.09. The second kappa shape index (κ2) is 7.03. The van der Waals surface area contributed by atoms with E-state index >= 15 is 0 Å². The van der Waals surface area contributed by atoms with Crippen LogP contribution in [0, 0.1) is 6.92 Å². The molecule has 0 aliphatic heterocycles. The number of nitrogens with zero attached hydrogens (tertiary/aromatic N) is 4. The maximum atomic E-state index is 4.61. The first-order valence-corrected chi connectivity index (χ1v) is 7.31. The number of rotatable bonds is 7. The van der Waals surface area contributed by atoms with Crippen molar-refractivity contribution in [3.8, 4) is 0 Å². The molecule has 0 bridgehead atoms. The summed E-state index contributed by atoms with van der Waals surface area (Å²) < 4.78 is 2.20. The van der Waals surface area contributed by atoms with Crippen molar-refractivity contribution in [1.29, 1.82) is 0 Å². The van der Waals surface area contributed by atoms with Crippen LogP contribution < -0.4 is 5.32 Å². The molecule has 0 aliphatic rings. The molecule has 20 heavy (non-hydrogen) atoms. The topological polar surface area (TPSA) is 55.6 Å². The van der Waals surface area contributed by atoms with Crippen molar-refractivity contribution in [2.24, 2.45) is 0 Å². The van der Waals surface area contributed by atoms with Crippen LogP contribution in [-0.4, -0.2) is 26.1 Å². The molecule has 0 fully saturated rings. The van der Waals surface area contributed by atoms with Gasteiger partial charge in [0.1, 0.15) is 5.82 Å². The van der Waals surface area contributed by atoms with Gasteiger partial charge in [-0.15, -0.1) is 0 Å². The highest BCUT2D eigenvalue weighted by Gasteiger charge is 2.09. The molecule has 5 heteroatoms. The third kappa shape index (κ3) is 3.56. The molecular weight excluding hydrogens is 250 g/mol. The van der Waals surface area contributed by atoms with Crippen LogP contribution in [0.5, 0.6) is 0 Å². The van der Waals surface area contributed by atoms with Crippen LogP contribution in [0.2, 0.25) is 0 Å². The fourth-order valence-corrected chi connectivity index (χ4v) is 2.08. The lowest BCUT2D eigenvalue weighted by molar-refractivity contribution is 0.644. The van der Waals surface area contributed by atoms with E-state index in [1.165, 1.54) is 0 Å². The fourth-order valence-electron chi connectivity index (χ4n) is 2.08. The Morgan fingerprint density at radius 2 is 2.05 bits per heavy atom. The number of aromatic nitrogens is 4. The highest BCUT2D eigenvalue weighted by Crippen LogP contribution is 2.12. The molecule has 108 valence electrons. The first-order valence-electron chi connectivity index (χ1n) is 7.31. The standard InChI is InChI=1S/C15H23N5/c1-4-6-17-15-18-11-12(3)13(19-15)10-14-16-7-9-20(14)8-5-2/h7,9,11H,4-6,8,10H2,1-3H3,(H,17,18,19). The maximum Gasteiger partial charge on any atom is 0.222 e. The summed E-state index contributed by atoms with van der Waals surface area (Å²) >= 11 is 0. The molecule has 2 rings (SSSR count). The first kappa shape index (κ1) is 14.5. The number of anilines is 1. The summed E-state index contributed by atoms with van der Waals surface area (Å²) in [6.07, 6.45) is 8.70. The smallest absolute Gasteiger partial charge is 0.222 e. The van der Waals surface area contributed by atoms with E-state index in [0.717, 1.165) is 49.4 Å². The Morgan fingerprint density at radius 1 is 1.20 bits per heavy atom. The third-order valence-corrected chi connectivity index (χ3v) is 3.20. The van der Waals surface area contributed by atoms with Gasteiger partial charge < -0.3 is 9.88 Å². The Balaban J connectivity index is 2.17. The molecule has 2 aromatic heterocycles. The highest BCUT2D eigenvalue weighted by molar-refractivity contribution is 5.30. The molecule has 0 saturated carbocycles. The Hall–Kier alpha value is -1.91. The van der Waals surface area contributed by atoms with Crippen molar-refractivity contribution in [2.75, 3.05) is 11.9 Å². The summed E-state index contributed by atoms with van der Waals surface area (Å²) in [6, 6.07) is 0. The van der Waals surface area contributed by atoms with Gasteiger partial charge in [-0.05, 0) is 25.3 Å². The molecule has 0 atom stereocenters. The second-order valence-corrected chi connectivity index (χ2v) is 4.96. The van der Waals surface area contributed by atoms with Crippen LogP contribution >= 0.6 is 0 Å². The molecule has 0 saturated heterocycles. The van der Waals surface area contributed by atoms with Crippen LogP contribution in [-0.2, 0) is 13.0 Å². The Bertz CT molecular complexity index is 547. The SMILES string of the molecule is CCCNc1ncc(C)c(Cc2nccn2CCC)n1. The van der Waals surface area contributed by atoms with Gasteiger partial charge in [0, 0.05) is 38.1 Å². The van der Waals surface area contributed by atoms with Crippen molar-refractivity contribution < 1.29 is 0 Å².